The van der Waals surface area contributed by atoms with E-state index in [0.717, 1.165) is 5.56 Å². The molecule has 2 aromatic carbocycles. The van der Waals surface area contributed by atoms with Gasteiger partial charge in [-0.15, -0.1) is 0 Å². The third-order valence-corrected chi connectivity index (χ3v) is 3.85. The number of carbonyl (C=O) groups is 2. The maximum Gasteiger partial charge on any atom is 0.338 e. The molecular weight excluding hydrogens is 328 g/mol. The first-order valence-corrected chi connectivity index (χ1v) is 7.81. The van der Waals surface area contributed by atoms with E-state index in [1.807, 2.05) is 30.3 Å². The smallest absolute Gasteiger partial charge is 0.338 e. The number of nitrogens with zero attached hydrogens (tertiary/aromatic N) is 1. The number of likely N-dealkylation sites (N-methyl/N-ethyl adjacent to an activating group) is 1. The van der Waals surface area contributed by atoms with Crippen LogP contribution in [-0.4, -0.2) is 29.9 Å². The first-order chi connectivity index (χ1) is 11.4. The van der Waals surface area contributed by atoms with Crippen molar-refractivity contribution in [2.45, 2.75) is 19.6 Å². The Bertz CT molecular complexity index is 734. The average molecular weight is 347 g/mol. The molecule has 0 aliphatic carbocycles. The number of halogens is 1. The van der Waals surface area contributed by atoms with Crippen molar-refractivity contribution in [2.24, 2.45) is 0 Å². The van der Waals surface area contributed by atoms with Crippen molar-refractivity contribution in [1.29, 1.82) is 0 Å². The molecular formula is C18H19ClN2O3. The van der Waals surface area contributed by atoms with Crippen LogP contribution < -0.4 is 5.73 Å². The Balaban J connectivity index is 1.97. The summed E-state index contributed by atoms with van der Waals surface area (Å²) in [4.78, 5) is 26.0. The Hall–Kier alpha value is -2.53. The lowest BCUT2D eigenvalue weighted by molar-refractivity contribution is -0.139. The van der Waals surface area contributed by atoms with Gasteiger partial charge in [0.1, 0.15) is 0 Å². The van der Waals surface area contributed by atoms with Crippen molar-refractivity contribution in [3.63, 3.8) is 0 Å². The second-order valence-corrected chi connectivity index (χ2v) is 5.87. The summed E-state index contributed by atoms with van der Waals surface area (Å²) < 4.78 is 5.22. The van der Waals surface area contributed by atoms with Crippen molar-refractivity contribution in [1.82, 2.24) is 4.90 Å². The van der Waals surface area contributed by atoms with Gasteiger partial charge in [0.2, 0.25) is 0 Å². The summed E-state index contributed by atoms with van der Waals surface area (Å²) in [6.45, 7) is 1.98. The fraction of sp³-hybridized carbons (Fsp3) is 0.222. The first kappa shape index (κ1) is 17.8. The van der Waals surface area contributed by atoms with Crippen LogP contribution >= 0.6 is 11.6 Å². The highest BCUT2D eigenvalue weighted by Gasteiger charge is 2.22. The fourth-order valence-electron chi connectivity index (χ4n) is 2.20. The van der Waals surface area contributed by atoms with Gasteiger partial charge >= 0.3 is 5.97 Å². The quantitative estimate of drug-likeness (QED) is 0.667. The zero-order valence-corrected chi connectivity index (χ0v) is 14.3. The van der Waals surface area contributed by atoms with Gasteiger partial charge in [0.25, 0.3) is 5.91 Å². The fourth-order valence-corrected chi connectivity index (χ4v) is 2.31. The van der Waals surface area contributed by atoms with Gasteiger partial charge in [-0.25, -0.2) is 4.79 Å². The molecule has 0 aromatic heterocycles. The molecule has 24 heavy (non-hydrogen) atoms. The van der Waals surface area contributed by atoms with Gasteiger partial charge in [0.05, 0.1) is 16.3 Å². The van der Waals surface area contributed by atoms with Crippen molar-refractivity contribution in [3.8, 4) is 0 Å². The molecule has 0 radical (unpaired) electrons. The van der Waals surface area contributed by atoms with E-state index < -0.39 is 12.1 Å². The molecule has 2 aromatic rings. The predicted octanol–water partition coefficient (Wildman–Crippen LogP) is 3.13. The predicted molar refractivity (Wildman–Crippen MR) is 93.7 cm³/mol. The number of anilines is 1. The van der Waals surface area contributed by atoms with Gasteiger partial charge in [-0.05, 0) is 30.7 Å². The Morgan fingerprint density at radius 2 is 1.88 bits per heavy atom. The molecule has 0 saturated carbocycles. The SMILES string of the molecule is CC(OC(=O)c1ccc(Cl)c(N)c1)C(=O)N(C)Cc1ccccc1. The third-order valence-electron chi connectivity index (χ3n) is 3.50. The third kappa shape index (κ3) is 4.49. The molecule has 0 saturated heterocycles. The molecule has 2 rings (SSSR count). The van der Waals surface area contributed by atoms with Gasteiger partial charge in [0.15, 0.2) is 6.10 Å². The van der Waals surface area contributed by atoms with Crippen LogP contribution in [0.1, 0.15) is 22.8 Å². The van der Waals surface area contributed by atoms with Gasteiger partial charge in [-0.3, -0.25) is 4.79 Å². The number of nitrogens with two attached hydrogens (primary N) is 1. The van der Waals surface area contributed by atoms with Crippen LogP contribution in [0.3, 0.4) is 0 Å². The minimum Gasteiger partial charge on any atom is -0.449 e. The van der Waals surface area contributed by atoms with Crippen LogP contribution in [0.2, 0.25) is 5.02 Å². The molecule has 1 unspecified atom stereocenters. The lowest BCUT2D eigenvalue weighted by atomic mass is 10.2. The number of esters is 1. The van der Waals surface area contributed by atoms with Crippen molar-refractivity contribution in [3.05, 3.63) is 64.7 Å². The largest absolute Gasteiger partial charge is 0.449 e. The monoisotopic (exact) mass is 346 g/mol. The number of ether oxygens (including phenoxy) is 1. The minimum atomic E-state index is -0.900. The second kappa shape index (κ2) is 7.84. The van der Waals surface area contributed by atoms with Crippen molar-refractivity contribution < 1.29 is 14.3 Å². The van der Waals surface area contributed by atoms with E-state index in [-0.39, 0.29) is 17.2 Å². The number of amides is 1. The van der Waals surface area contributed by atoms with E-state index in [2.05, 4.69) is 0 Å². The summed E-state index contributed by atoms with van der Waals surface area (Å²) in [6, 6.07) is 14.0. The molecule has 1 atom stereocenters. The zero-order valence-electron chi connectivity index (χ0n) is 13.5. The first-order valence-electron chi connectivity index (χ1n) is 7.43. The normalized spacial score (nSPS) is 11.6. The molecule has 6 heteroatoms. The highest BCUT2D eigenvalue weighted by Crippen LogP contribution is 2.20. The number of carbonyl (C=O) groups excluding carboxylic acids is 2. The zero-order chi connectivity index (χ0) is 17.7. The topological polar surface area (TPSA) is 72.6 Å². The van der Waals surface area contributed by atoms with Crippen LogP contribution in [0.15, 0.2) is 48.5 Å². The second-order valence-electron chi connectivity index (χ2n) is 5.46. The number of benzene rings is 2. The molecule has 0 fully saturated rings. The van der Waals surface area contributed by atoms with E-state index in [0.29, 0.717) is 11.6 Å². The summed E-state index contributed by atoms with van der Waals surface area (Å²) in [5.74, 6) is -0.901. The van der Waals surface area contributed by atoms with Crippen LogP contribution in [0, 0.1) is 0 Å². The number of hydrogen-bond donors (Lipinski definition) is 1. The number of nitrogen functional groups attached to an aromatic ring is 1. The average Bonchev–Trinajstić information content (AvgIpc) is 2.57. The molecule has 0 heterocycles. The standard InChI is InChI=1S/C18H19ClN2O3/c1-12(17(22)21(2)11-13-6-4-3-5-7-13)24-18(23)14-8-9-15(19)16(20)10-14/h3-10,12H,11,20H2,1-2H3. The molecule has 0 aliphatic rings. The van der Waals surface area contributed by atoms with E-state index in [1.165, 1.54) is 23.1 Å². The van der Waals surface area contributed by atoms with E-state index >= 15 is 0 Å². The molecule has 0 spiro atoms. The van der Waals surface area contributed by atoms with E-state index in [1.54, 1.807) is 14.0 Å². The lowest BCUT2D eigenvalue weighted by Crippen LogP contribution is -2.37. The number of rotatable bonds is 5. The van der Waals surface area contributed by atoms with Crippen LogP contribution in [-0.2, 0) is 16.1 Å². The minimum absolute atomic E-state index is 0.252. The van der Waals surface area contributed by atoms with Gasteiger partial charge < -0.3 is 15.4 Å². The van der Waals surface area contributed by atoms with Crippen LogP contribution in [0.25, 0.3) is 0 Å². The van der Waals surface area contributed by atoms with E-state index in [9.17, 15) is 9.59 Å². The van der Waals surface area contributed by atoms with Crippen LogP contribution in [0.4, 0.5) is 5.69 Å². The van der Waals surface area contributed by atoms with Gasteiger partial charge in [-0.2, -0.15) is 0 Å². The molecule has 0 aliphatic heterocycles. The van der Waals surface area contributed by atoms with Crippen LogP contribution in [0.5, 0.6) is 0 Å². The summed E-state index contributed by atoms with van der Waals surface area (Å²) in [5.41, 5.74) is 7.20. The van der Waals surface area contributed by atoms with Gasteiger partial charge in [0, 0.05) is 13.6 Å². The van der Waals surface area contributed by atoms with Crippen molar-refractivity contribution >= 4 is 29.2 Å². The van der Waals surface area contributed by atoms with Crippen molar-refractivity contribution in [2.75, 3.05) is 12.8 Å². The molecule has 126 valence electrons. The Kier molecular flexibility index (Phi) is 5.82. The van der Waals surface area contributed by atoms with Gasteiger partial charge in [-0.1, -0.05) is 41.9 Å². The summed E-state index contributed by atoms with van der Waals surface area (Å²) in [7, 11) is 1.67. The Morgan fingerprint density at radius 1 is 1.21 bits per heavy atom. The summed E-state index contributed by atoms with van der Waals surface area (Å²) in [5, 5.41) is 0.360. The molecule has 1 amide bonds. The molecule has 5 nitrogen and oxygen atoms in total. The molecule has 0 bridgehead atoms. The lowest BCUT2D eigenvalue weighted by Gasteiger charge is -2.21. The highest BCUT2D eigenvalue weighted by atomic mass is 35.5. The summed E-state index contributed by atoms with van der Waals surface area (Å²) in [6.07, 6.45) is -0.900. The van der Waals surface area contributed by atoms with E-state index in [4.69, 9.17) is 22.1 Å². The number of hydrogen-bond acceptors (Lipinski definition) is 4. The Morgan fingerprint density at radius 3 is 2.50 bits per heavy atom. The highest BCUT2D eigenvalue weighted by molar-refractivity contribution is 6.33. The Labute approximate surface area is 146 Å². The summed E-state index contributed by atoms with van der Waals surface area (Å²) >= 11 is 5.82. The molecule has 2 N–H and O–H groups in total. The maximum absolute atomic E-state index is 12.3. The maximum atomic E-state index is 12.3.